The zero-order valence-corrected chi connectivity index (χ0v) is 16.9. The molecular formula is C19H29N3O3S. The zero-order valence-electron chi connectivity index (χ0n) is 16.1. The van der Waals surface area contributed by atoms with Crippen molar-refractivity contribution in [2.45, 2.75) is 39.0 Å². The number of hydrogen-bond donors (Lipinski definition) is 1. The van der Waals surface area contributed by atoms with Crippen LogP contribution in [0.1, 0.15) is 28.7 Å². The van der Waals surface area contributed by atoms with Crippen LogP contribution in [0.5, 0.6) is 0 Å². The van der Waals surface area contributed by atoms with E-state index in [2.05, 4.69) is 5.32 Å². The summed E-state index contributed by atoms with van der Waals surface area (Å²) in [5, 5.41) is 3.22. The second-order valence-electron chi connectivity index (χ2n) is 7.51. The molecule has 1 atom stereocenters. The quantitative estimate of drug-likeness (QED) is 0.861. The van der Waals surface area contributed by atoms with E-state index in [1.54, 1.807) is 0 Å². The van der Waals surface area contributed by atoms with Gasteiger partial charge in [-0.25, -0.2) is 8.42 Å². The monoisotopic (exact) mass is 379 g/mol. The molecule has 0 spiro atoms. The minimum Gasteiger partial charge on any atom is -0.340 e. The molecule has 2 saturated heterocycles. The third-order valence-electron chi connectivity index (χ3n) is 5.85. The fraction of sp³-hybridized carbons (Fsp3) is 0.632. The molecule has 1 amide bonds. The second kappa shape index (κ2) is 7.29. The SMILES string of the molecule is Cc1cc(C)c(C)c(S(=O)(=O)N2CCN(C(=O)C3CCNC3)CC2)c1C. The van der Waals surface area contributed by atoms with Gasteiger partial charge in [-0.05, 0) is 62.9 Å². The van der Waals surface area contributed by atoms with Crippen molar-refractivity contribution in [1.29, 1.82) is 0 Å². The lowest BCUT2D eigenvalue weighted by atomic mass is 10.0. The molecule has 2 fully saturated rings. The van der Waals surface area contributed by atoms with Crippen LogP contribution in [-0.2, 0) is 14.8 Å². The van der Waals surface area contributed by atoms with Crippen LogP contribution in [-0.4, -0.2) is 62.8 Å². The van der Waals surface area contributed by atoms with Crippen LogP contribution in [0.3, 0.4) is 0 Å². The number of benzene rings is 1. The summed E-state index contributed by atoms with van der Waals surface area (Å²) in [6.45, 7) is 10.9. The standard InChI is InChI=1S/C19H29N3O3S/c1-13-11-14(2)16(4)18(15(13)3)26(24,25)22-9-7-21(8-10-22)19(23)17-5-6-20-12-17/h11,17,20H,5-10,12H2,1-4H3. The molecule has 2 heterocycles. The number of hydrogen-bond acceptors (Lipinski definition) is 4. The number of nitrogens with one attached hydrogen (secondary N) is 1. The van der Waals surface area contributed by atoms with Crippen LogP contribution in [0.4, 0.5) is 0 Å². The molecule has 0 aliphatic carbocycles. The predicted octanol–water partition coefficient (Wildman–Crippen LogP) is 1.36. The van der Waals surface area contributed by atoms with Gasteiger partial charge in [0, 0.05) is 32.7 Å². The average Bonchev–Trinajstić information content (AvgIpc) is 3.14. The van der Waals surface area contributed by atoms with Crippen molar-refractivity contribution < 1.29 is 13.2 Å². The summed E-state index contributed by atoms with van der Waals surface area (Å²) in [5.74, 6) is 0.202. The number of carbonyl (C=O) groups is 1. The fourth-order valence-electron chi connectivity index (χ4n) is 3.97. The maximum atomic E-state index is 13.3. The summed E-state index contributed by atoms with van der Waals surface area (Å²) < 4.78 is 28.1. The fourth-order valence-corrected chi connectivity index (χ4v) is 5.97. The maximum Gasteiger partial charge on any atom is 0.243 e. The Balaban J connectivity index is 1.78. The first-order valence-electron chi connectivity index (χ1n) is 9.30. The van der Waals surface area contributed by atoms with Crippen LogP contribution in [0.15, 0.2) is 11.0 Å². The molecule has 0 aromatic heterocycles. The first-order valence-corrected chi connectivity index (χ1v) is 10.7. The van der Waals surface area contributed by atoms with Gasteiger partial charge in [0.25, 0.3) is 0 Å². The molecule has 1 aromatic carbocycles. The number of aryl methyl sites for hydroxylation is 2. The van der Waals surface area contributed by atoms with E-state index < -0.39 is 10.0 Å². The average molecular weight is 380 g/mol. The number of carbonyl (C=O) groups excluding carboxylic acids is 1. The molecule has 1 N–H and O–H groups in total. The third-order valence-corrected chi connectivity index (χ3v) is 8.03. The molecule has 3 rings (SSSR count). The van der Waals surface area contributed by atoms with E-state index in [0.29, 0.717) is 31.1 Å². The Bertz CT molecular complexity index is 780. The molecule has 144 valence electrons. The highest BCUT2D eigenvalue weighted by molar-refractivity contribution is 7.89. The van der Waals surface area contributed by atoms with Gasteiger partial charge in [0.1, 0.15) is 0 Å². The highest BCUT2D eigenvalue weighted by Gasteiger charge is 2.35. The number of amides is 1. The smallest absolute Gasteiger partial charge is 0.243 e. The molecule has 0 saturated carbocycles. The van der Waals surface area contributed by atoms with Crippen molar-refractivity contribution in [1.82, 2.24) is 14.5 Å². The summed E-state index contributed by atoms with van der Waals surface area (Å²) >= 11 is 0. The molecule has 1 unspecified atom stereocenters. The van der Waals surface area contributed by atoms with Crippen molar-refractivity contribution in [3.63, 3.8) is 0 Å². The van der Waals surface area contributed by atoms with Gasteiger partial charge in [-0.3, -0.25) is 4.79 Å². The molecule has 2 aliphatic rings. The first-order chi connectivity index (χ1) is 12.2. The molecule has 1 aromatic rings. The lowest BCUT2D eigenvalue weighted by Crippen LogP contribution is -2.52. The summed E-state index contributed by atoms with van der Waals surface area (Å²) in [7, 11) is -3.55. The lowest BCUT2D eigenvalue weighted by molar-refractivity contribution is -0.136. The Morgan fingerprint density at radius 3 is 2.12 bits per heavy atom. The Labute approximate surface area is 156 Å². The van der Waals surface area contributed by atoms with E-state index in [1.165, 1.54) is 4.31 Å². The van der Waals surface area contributed by atoms with E-state index >= 15 is 0 Å². The van der Waals surface area contributed by atoms with Crippen molar-refractivity contribution in [2.24, 2.45) is 5.92 Å². The predicted molar refractivity (Wildman–Crippen MR) is 102 cm³/mol. The molecule has 26 heavy (non-hydrogen) atoms. The van der Waals surface area contributed by atoms with E-state index in [1.807, 2.05) is 38.7 Å². The lowest BCUT2D eigenvalue weighted by Gasteiger charge is -2.35. The highest BCUT2D eigenvalue weighted by Crippen LogP contribution is 2.29. The summed E-state index contributed by atoms with van der Waals surface area (Å²) in [4.78, 5) is 14.8. The number of piperazine rings is 1. The minimum atomic E-state index is -3.55. The molecule has 6 nitrogen and oxygen atoms in total. The normalized spacial score (nSPS) is 22.0. The van der Waals surface area contributed by atoms with Gasteiger partial charge in [-0.1, -0.05) is 6.07 Å². The summed E-state index contributed by atoms with van der Waals surface area (Å²) in [5.41, 5.74) is 3.63. The molecule has 7 heteroatoms. The number of nitrogens with zero attached hydrogens (tertiary/aromatic N) is 2. The molecule has 0 bridgehead atoms. The molecule has 2 aliphatic heterocycles. The third kappa shape index (κ3) is 3.40. The van der Waals surface area contributed by atoms with Crippen molar-refractivity contribution in [2.75, 3.05) is 39.3 Å². The summed E-state index contributed by atoms with van der Waals surface area (Å²) in [6.07, 6.45) is 0.873. The van der Waals surface area contributed by atoms with Crippen molar-refractivity contribution >= 4 is 15.9 Å². The topological polar surface area (TPSA) is 69.7 Å². The van der Waals surface area contributed by atoms with Crippen molar-refractivity contribution in [3.8, 4) is 0 Å². The van der Waals surface area contributed by atoms with E-state index in [-0.39, 0.29) is 11.8 Å². The van der Waals surface area contributed by atoms with Crippen LogP contribution in [0.25, 0.3) is 0 Å². The van der Waals surface area contributed by atoms with Crippen molar-refractivity contribution in [3.05, 3.63) is 28.3 Å². The highest BCUT2D eigenvalue weighted by atomic mass is 32.2. The van der Waals surface area contributed by atoms with Crippen LogP contribution in [0.2, 0.25) is 0 Å². The van der Waals surface area contributed by atoms with Gasteiger partial charge in [0.15, 0.2) is 0 Å². The van der Waals surface area contributed by atoms with Gasteiger partial charge in [-0.2, -0.15) is 4.31 Å². The largest absolute Gasteiger partial charge is 0.340 e. The minimum absolute atomic E-state index is 0.0436. The van der Waals surface area contributed by atoms with Crippen LogP contribution in [0, 0.1) is 33.6 Å². The van der Waals surface area contributed by atoms with E-state index in [0.717, 1.165) is 41.8 Å². The molecule has 0 radical (unpaired) electrons. The van der Waals surface area contributed by atoms with Gasteiger partial charge in [0.2, 0.25) is 15.9 Å². The number of sulfonamides is 1. The molecular weight excluding hydrogens is 350 g/mol. The second-order valence-corrected chi connectivity index (χ2v) is 9.38. The van der Waals surface area contributed by atoms with Gasteiger partial charge in [-0.15, -0.1) is 0 Å². The Kier molecular flexibility index (Phi) is 5.42. The van der Waals surface area contributed by atoms with E-state index in [4.69, 9.17) is 0 Å². The Morgan fingerprint density at radius 1 is 1.04 bits per heavy atom. The first kappa shape index (κ1) is 19.3. The van der Waals surface area contributed by atoms with Gasteiger partial charge >= 0.3 is 0 Å². The Morgan fingerprint density at radius 2 is 1.62 bits per heavy atom. The Hall–Kier alpha value is -1.44. The van der Waals surface area contributed by atoms with E-state index in [9.17, 15) is 13.2 Å². The number of rotatable bonds is 3. The zero-order chi connectivity index (χ0) is 19.1. The van der Waals surface area contributed by atoms with Gasteiger partial charge in [0.05, 0.1) is 10.8 Å². The summed E-state index contributed by atoms with van der Waals surface area (Å²) in [6, 6.07) is 2.04. The maximum absolute atomic E-state index is 13.3. The van der Waals surface area contributed by atoms with Crippen LogP contribution < -0.4 is 5.32 Å². The van der Waals surface area contributed by atoms with Gasteiger partial charge < -0.3 is 10.2 Å². The van der Waals surface area contributed by atoms with Crippen LogP contribution >= 0.6 is 0 Å².